The maximum atomic E-state index is 11.6. The molecule has 1 fully saturated rings. The Morgan fingerprint density at radius 2 is 1.71 bits per heavy atom. The normalized spacial score (nSPS) is 17.5. The zero-order valence-electron chi connectivity index (χ0n) is 9.69. The molecular formula is C14H12O3. The van der Waals surface area contributed by atoms with Crippen LogP contribution in [0.15, 0.2) is 47.1 Å². The first kappa shape index (κ1) is 11.3. The Morgan fingerprint density at radius 1 is 1.06 bits per heavy atom. The molecule has 1 aromatic carbocycles. The van der Waals surface area contributed by atoms with Gasteiger partial charge in [0.05, 0.1) is 11.1 Å². The van der Waals surface area contributed by atoms with E-state index in [0.717, 1.165) is 11.1 Å². The lowest BCUT2D eigenvalue weighted by molar-refractivity contribution is -0.149. The Hall–Kier alpha value is -2.16. The molecular weight excluding hydrogens is 216 g/mol. The number of carbonyl (C=O) groups excluding carboxylic acids is 2. The summed E-state index contributed by atoms with van der Waals surface area (Å²) in [4.78, 5) is 23.0. The van der Waals surface area contributed by atoms with Gasteiger partial charge in [-0.15, -0.1) is 0 Å². The third-order valence-electron chi connectivity index (χ3n) is 2.49. The predicted molar refractivity (Wildman–Crippen MR) is 63.9 cm³/mol. The van der Waals surface area contributed by atoms with Crippen LogP contribution >= 0.6 is 0 Å². The number of rotatable bonds is 1. The van der Waals surface area contributed by atoms with Gasteiger partial charge in [0.2, 0.25) is 0 Å². The first-order chi connectivity index (χ1) is 8.09. The van der Waals surface area contributed by atoms with E-state index in [1.165, 1.54) is 0 Å². The Kier molecular flexibility index (Phi) is 2.91. The molecule has 2 rings (SSSR count). The molecule has 0 aliphatic carbocycles. The molecule has 17 heavy (non-hydrogen) atoms. The third-order valence-corrected chi connectivity index (χ3v) is 2.49. The molecule has 1 aliphatic rings. The summed E-state index contributed by atoms with van der Waals surface area (Å²) in [7, 11) is 0. The summed E-state index contributed by atoms with van der Waals surface area (Å²) in [5.41, 5.74) is 2.36. The van der Waals surface area contributed by atoms with Crippen molar-refractivity contribution in [2.45, 2.75) is 13.8 Å². The van der Waals surface area contributed by atoms with Crippen LogP contribution in [0.2, 0.25) is 0 Å². The zero-order chi connectivity index (χ0) is 12.4. The largest absolute Gasteiger partial charge is 0.386 e. The van der Waals surface area contributed by atoms with Gasteiger partial charge in [-0.3, -0.25) is 0 Å². The van der Waals surface area contributed by atoms with Crippen molar-refractivity contribution in [2.75, 3.05) is 0 Å². The summed E-state index contributed by atoms with van der Waals surface area (Å²) in [6.07, 6.45) is 1.68. The molecule has 0 N–H and O–H groups in total. The number of ether oxygens (including phenoxy) is 1. The highest BCUT2D eigenvalue weighted by molar-refractivity contribution is 6.20. The molecule has 0 aromatic heterocycles. The standard InChI is InChI=1S/C14H12O3/c1-9(2)12-11(13(15)17-14(12)16)8-10-6-4-3-5-7-10/h3-8H,1-2H3/b11-8+. The van der Waals surface area contributed by atoms with Gasteiger partial charge in [0, 0.05) is 0 Å². The van der Waals surface area contributed by atoms with E-state index < -0.39 is 11.9 Å². The lowest BCUT2D eigenvalue weighted by atomic mass is 10.0. The Morgan fingerprint density at radius 3 is 2.29 bits per heavy atom. The van der Waals surface area contributed by atoms with E-state index in [9.17, 15) is 9.59 Å². The number of benzene rings is 1. The Bertz CT molecular complexity index is 532. The summed E-state index contributed by atoms with van der Waals surface area (Å²) in [5.74, 6) is -1.13. The van der Waals surface area contributed by atoms with Crippen LogP contribution in [0.25, 0.3) is 6.08 Å². The molecule has 3 nitrogen and oxygen atoms in total. The van der Waals surface area contributed by atoms with E-state index >= 15 is 0 Å². The number of carbonyl (C=O) groups is 2. The van der Waals surface area contributed by atoms with Gasteiger partial charge in [-0.25, -0.2) is 9.59 Å². The van der Waals surface area contributed by atoms with Gasteiger partial charge in [0.25, 0.3) is 0 Å². The molecule has 0 atom stereocenters. The molecule has 0 amide bonds. The monoisotopic (exact) mass is 228 g/mol. The van der Waals surface area contributed by atoms with Crippen molar-refractivity contribution >= 4 is 18.0 Å². The van der Waals surface area contributed by atoms with Crippen molar-refractivity contribution < 1.29 is 14.3 Å². The van der Waals surface area contributed by atoms with Crippen LogP contribution in [0.3, 0.4) is 0 Å². The number of esters is 2. The number of hydrogen-bond acceptors (Lipinski definition) is 3. The second-order valence-electron chi connectivity index (χ2n) is 4.02. The van der Waals surface area contributed by atoms with Crippen LogP contribution < -0.4 is 0 Å². The van der Waals surface area contributed by atoms with Crippen LogP contribution in [0, 0.1) is 0 Å². The molecule has 0 saturated carbocycles. The van der Waals surface area contributed by atoms with Crippen LogP contribution in [-0.4, -0.2) is 11.9 Å². The Balaban J connectivity index is 2.51. The highest BCUT2D eigenvalue weighted by Gasteiger charge is 2.33. The van der Waals surface area contributed by atoms with Crippen molar-refractivity contribution in [1.82, 2.24) is 0 Å². The van der Waals surface area contributed by atoms with E-state index in [1.54, 1.807) is 19.9 Å². The first-order valence-electron chi connectivity index (χ1n) is 5.30. The second-order valence-corrected chi connectivity index (χ2v) is 4.02. The highest BCUT2D eigenvalue weighted by atomic mass is 16.6. The summed E-state index contributed by atoms with van der Waals surface area (Å²) >= 11 is 0. The minimum absolute atomic E-state index is 0.334. The van der Waals surface area contributed by atoms with Crippen LogP contribution in [0.1, 0.15) is 19.4 Å². The molecule has 1 saturated heterocycles. The van der Waals surface area contributed by atoms with Crippen molar-refractivity contribution in [3.05, 3.63) is 52.6 Å². The van der Waals surface area contributed by atoms with Crippen LogP contribution in [0.5, 0.6) is 0 Å². The van der Waals surface area contributed by atoms with Crippen LogP contribution in [-0.2, 0) is 14.3 Å². The summed E-state index contributed by atoms with van der Waals surface area (Å²) in [6.45, 7) is 3.57. The third kappa shape index (κ3) is 2.18. The number of allylic oxidation sites excluding steroid dienone is 1. The maximum Gasteiger partial charge on any atom is 0.346 e. The first-order valence-corrected chi connectivity index (χ1v) is 5.30. The fraction of sp³-hybridized carbons (Fsp3) is 0.143. The minimum Gasteiger partial charge on any atom is -0.386 e. The van der Waals surface area contributed by atoms with Crippen molar-refractivity contribution in [1.29, 1.82) is 0 Å². The molecule has 1 aromatic rings. The van der Waals surface area contributed by atoms with Gasteiger partial charge in [-0.05, 0) is 25.5 Å². The quantitative estimate of drug-likeness (QED) is 0.421. The van der Waals surface area contributed by atoms with Gasteiger partial charge in [-0.1, -0.05) is 35.9 Å². The molecule has 3 heteroatoms. The van der Waals surface area contributed by atoms with E-state index in [4.69, 9.17) is 0 Å². The highest BCUT2D eigenvalue weighted by Crippen LogP contribution is 2.27. The summed E-state index contributed by atoms with van der Waals surface area (Å²) < 4.78 is 4.62. The minimum atomic E-state index is -0.574. The Labute approximate surface area is 99.4 Å². The predicted octanol–water partition coefficient (Wildman–Crippen LogP) is 2.49. The number of cyclic esters (lactones) is 2. The topological polar surface area (TPSA) is 43.4 Å². The van der Waals surface area contributed by atoms with E-state index in [1.807, 2.05) is 30.3 Å². The van der Waals surface area contributed by atoms with E-state index in [2.05, 4.69) is 4.74 Å². The summed E-state index contributed by atoms with van der Waals surface area (Å²) in [5, 5.41) is 0. The van der Waals surface area contributed by atoms with Gasteiger partial charge < -0.3 is 4.74 Å². The molecule has 86 valence electrons. The average molecular weight is 228 g/mol. The lowest BCUT2D eigenvalue weighted by Gasteiger charge is -1.97. The zero-order valence-corrected chi connectivity index (χ0v) is 9.69. The molecule has 0 unspecified atom stereocenters. The average Bonchev–Trinajstić information content (AvgIpc) is 2.55. The van der Waals surface area contributed by atoms with E-state index in [0.29, 0.717) is 11.1 Å². The smallest absolute Gasteiger partial charge is 0.346 e. The van der Waals surface area contributed by atoms with Crippen molar-refractivity contribution in [3.63, 3.8) is 0 Å². The molecule has 0 spiro atoms. The molecule has 0 bridgehead atoms. The van der Waals surface area contributed by atoms with Crippen LogP contribution in [0.4, 0.5) is 0 Å². The fourth-order valence-electron chi connectivity index (χ4n) is 1.72. The SMILES string of the molecule is CC(C)=C1C(=O)OC(=O)/C1=C/c1ccccc1. The van der Waals surface area contributed by atoms with Gasteiger partial charge in [0.1, 0.15) is 0 Å². The second kappa shape index (κ2) is 4.37. The van der Waals surface area contributed by atoms with Gasteiger partial charge >= 0.3 is 11.9 Å². The summed E-state index contributed by atoms with van der Waals surface area (Å²) in [6, 6.07) is 9.37. The van der Waals surface area contributed by atoms with Gasteiger partial charge in [-0.2, -0.15) is 0 Å². The van der Waals surface area contributed by atoms with E-state index in [-0.39, 0.29) is 0 Å². The molecule has 0 radical (unpaired) electrons. The van der Waals surface area contributed by atoms with Crippen molar-refractivity contribution in [2.24, 2.45) is 0 Å². The van der Waals surface area contributed by atoms with Crippen molar-refractivity contribution in [3.8, 4) is 0 Å². The molecule has 1 aliphatic heterocycles. The van der Waals surface area contributed by atoms with Gasteiger partial charge in [0.15, 0.2) is 0 Å². The number of hydrogen-bond donors (Lipinski definition) is 0. The lowest BCUT2D eigenvalue weighted by Crippen LogP contribution is -1.97. The maximum absolute atomic E-state index is 11.6. The molecule has 1 heterocycles. The fourth-order valence-corrected chi connectivity index (χ4v) is 1.72.